The van der Waals surface area contributed by atoms with Crippen LogP contribution in [0.25, 0.3) is 33.4 Å². The van der Waals surface area contributed by atoms with Crippen LogP contribution in [-0.4, -0.2) is 0 Å². The quantitative estimate of drug-likeness (QED) is 0.174. The Bertz CT molecular complexity index is 2730. The van der Waals surface area contributed by atoms with Crippen LogP contribution >= 0.6 is 0 Å². The van der Waals surface area contributed by atoms with E-state index in [1.165, 1.54) is 89.3 Å². The van der Waals surface area contributed by atoms with Crippen molar-refractivity contribution in [3.05, 3.63) is 233 Å². The van der Waals surface area contributed by atoms with Crippen LogP contribution in [0.15, 0.2) is 188 Å². The van der Waals surface area contributed by atoms with Gasteiger partial charge < -0.3 is 4.90 Å². The van der Waals surface area contributed by atoms with E-state index in [2.05, 4.69) is 207 Å². The second-order valence-corrected chi connectivity index (χ2v) is 15.6. The first kappa shape index (κ1) is 31.1. The molecule has 3 aliphatic rings. The summed E-state index contributed by atoms with van der Waals surface area (Å²) in [5, 5.41) is 0. The van der Waals surface area contributed by atoms with E-state index in [1.54, 1.807) is 0 Å². The van der Waals surface area contributed by atoms with Crippen molar-refractivity contribution in [2.24, 2.45) is 0 Å². The zero-order chi connectivity index (χ0) is 36.0. The molecule has 256 valence electrons. The standard InChI is InChI=1S/C53H39N/c1-52(2)46-25-13-11-23-42(46)44-30-28-39(33-48(44)52)54(50-27-15-17-36-32-35-16-9-10-22-41(35)51(36)50)40-29-31-45-43-24-12-14-26-47(43)53(49(45)34-40,37-18-5-3-6-19-37)38-20-7-4-8-21-38/h3-31,33-34H,32H2,1-2H3. The molecule has 11 rings (SSSR count). The molecule has 0 spiro atoms. The van der Waals surface area contributed by atoms with Crippen molar-refractivity contribution >= 4 is 17.1 Å². The van der Waals surface area contributed by atoms with Crippen molar-refractivity contribution < 1.29 is 0 Å². The lowest BCUT2D eigenvalue weighted by atomic mass is 9.67. The maximum atomic E-state index is 2.55. The van der Waals surface area contributed by atoms with E-state index in [0.29, 0.717) is 0 Å². The van der Waals surface area contributed by atoms with Gasteiger partial charge in [0.25, 0.3) is 0 Å². The van der Waals surface area contributed by atoms with Crippen LogP contribution in [0.5, 0.6) is 0 Å². The summed E-state index contributed by atoms with van der Waals surface area (Å²) in [5.41, 5.74) is 21.6. The Kier molecular flexibility index (Phi) is 6.64. The molecule has 0 bridgehead atoms. The Morgan fingerprint density at radius 3 is 1.57 bits per heavy atom. The third-order valence-corrected chi connectivity index (χ3v) is 12.6. The first-order valence-electron chi connectivity index (χ1n) is 19.2. The summed E-state index contributed by atoms with van der Waals surface area (Å²) in [6, 6.07) is 70.5. The van der Waals surface area contributed by atoms with Gasteiger partial charge in [-0.25, -0.2) is 0 Å². The van der Waals surface area contributed by atoms with Crippen LogP contribution in [0.2, 0.25) is 0 Å². The zero-order valence-corrected chi connectivity index (χ0v) is 30.6. The highest BCUT2D eigenvalue weighted by atomic mass is 15.1. The largest absolute Gasteiger partial charge is 0.310 e. The minimum atomic E-state index is -0.483. The summed E-state index contributed by atoms with van der Waals surface area (Å²) < 4.78 is 0. The monoisotopic (exact) mass is 689 g/mol. The number of rotatable bonds is 5. The molecule has 54 heavy (non-hydrogen) atoms. The smallest absolute Gasteiger partial charge is 0.0714 e. The first-order chi connectivity index (χ1) is 26.5. The van der Waals surface area contributed by atoms with E-state index < -0.39 is 5.41 Å². The van der Waals surface area contributed by atoms with Crippen molar-refractivity contribution in [2.45, 2.75) is 31.1 Å². The molecular weight excluding hydrogens is 651 g/mol. The average Bonchev–Trinajstić information content (AvgIpc) is 3.83. The van der Waals surface area contributed by atoms with Gasteiger partial charge in [0.1, 0.15) is 0 Å². The summed E-state index contributed by atoms with van der Waals surface area (Å²) in [6.45, 7) is 4.76. The van der Waals surface area contributed by atoms with Gasteiger partial charge in [-0.3, -0.25) is 0 Å². The van der Waals surface area contributed by atoms with Crippen LogP contribution in [0.1, 0.15) is 58.4 Å². The fraction of sp³-hybridized carbons (Fsp3) is 0.0943. The van der Waals surface area contributed by atoms with Crippen LogP contribution in [0, 0.1) is 0 Å². The third kappa shape index (κ3) is 4.21. The third-order valence-electron chi connectivity index (χ3n) is 12.6. The van der Waals surface area contributed by atoms with Crippen molar-refractivity contribution in [1.29, 1.82) is 0 Å². The molecule has 0 atom stereocenters. The minimum absolute atomic E-state index is 0.117. The van der Waals surface area contributed by atoms with Crippen molar-refractivity contribution in [1.82, 2.24) is 0 Å². The molecule has 0 aliphatic heterocycles. The van der Waals surface area contributed by atoms with Gasteiger partial charge in [0.15, 0.2) is 0 Å². The highest BCUT2D eigenvalue weighted by Crippen LogP contribution is 2.58. The van der Waals surface area contributed by atoms with Gasteiger partial charge in [0.05, 0.1) is 11.1 Å². The van der Waals surface area contributed by atoms with Crippen molar-refractivity contribution in [3.8, 4) is 33.4 Å². The van der Waals surface area contributed by atoms with Gasteiger partial charge in [0, 0.05) is 22.4 Å². The van der Waals surface area contributed by atoms with Gasteiger partial charge in [-0.05, 0) is 109 Å². The second kappa shape index (κ2) is 11.5. The highest BCUT2D eigenvalue weighted by molar-refractivity contribution is 5.96. The van der Waals surface area contributed by atoms with Crippen molar-refractivity contribution in [2.75, 3.05) is 4.90 Å². The zero-order valence-electron chi connectivity index (χ0n) is 30.6. The maximum absolute atomic E-state index is 2.55. The van der Waals surface area contributed by atoms with E-state index in [-0.39, 0.29) is 5.41 Å². The van der Waals surface area contributed by atoms with Crippen LogP contribution in [0.4, 0.5) is 17.1 Å². The van der Waals surface area contributed by atoms with E-state index >= 15 is 0 Å². The van der Waals surface area contributed by atoms with Crippen LogP contribution in [0.3, 0.4) is 0 Å². The van der Waals surface area contributed by atoms with Crippen LogP contribution < -0.4 is 4.90 Å². The lowest BCUT2D eigenvalue weighted by Crippen LogP contribution is -2.28. The molecule has 3 aliphatic carbocycles. The van der Waals surface area contributed by atoms with Gasteiger partial charge in [0.2, 0.25) is 0 Å². The Balaban J connectivity index is 1.20. The summed E-state index contributed by atoms with van der Waals surface area (Å²) in [5.74, 6) is 0. The average molecular weight is 690 g/mol. The van der Waals surface area contributed by atoms with E-state index in [9.17, 15) is 0 Å². The topological polar surface area (TPSA) is 3.24 Å². The molecule has 1 nitrogen and oxygen atoms in total. The second-order valence-electron chi connectivity index (χ2n) is 15.6. The summed E-state index contributed by atoms with van der Waals surface area (Å²) >= 11 is 0. The number of benzene rings is 8. The molecule has 0 aromatic heterocycles. The minimum Gasteiger partial charge on any atom is -0.310 e. The first-order valence-corrected chi connectivity index (χ1v) is 19.2. The molecule has 1 heteroatoms. The summed E-state index contributed by atoms with van der Waals surface area (Å²) in [4.78, 5) is 2.55. The number of anilines is 3. The molecule has 0 amide bonds. The number of hydrogen-bond acceptors (Lipinski definition) is 1. The highest BCUT2D eigenvalue weighted by Gasteiger charge is 2.46. The fourth-order valence-corrected chi connectivity index (χ4v) is 10.2. The lowest BCUT2D eigenvalue weighted by Gasteiger charge is -2.35. The molecule has 0 radical (unpaired) electrons. The molecule has 0 N–H and O–H groups in total. The Morgan fingerprint density at radius 2 is 0.889 bits per heavy atom. The van der Waals surface area contributed by atoms with E-state index in [4.69, 9.17) is 0 Å². The number of nitrogens with zero attached hydrogens (tertiary/aromatic N) is 1. The maximum Gasteiger partial charge on any atom is 0.0714 e. The summed E-state index contributed by atoms with van der Waals surface area (Å²) in [7, 11) is 0. The molecule has 0 saturated heterocycles. The summed E-state index contributed by atoms with van der Waals surface area (Å²) in [6.07, 6.45) is 0.949. The fourth-order valence-electron chi connectivity index (χ4n) is 10.2. The van der Waals surface area contributed by atoms with Gasteiger partial charge in [-0.1, -0.05) is 172 Å². The molecular formula is C53H39N. The van der Waals surface area contributed by atoms with Crippen molar-refractivity contribution in [3.63, 3.8) is 0 Å². The molecule has 0 heterocycles. The van der Waals surface area contributed by atoms with E-state index in [0.717, 1.165) is 12.1 Å². The molecule has 0 saturated carbocycles. The SMILES string of the molecule is CC1(C)c2ccccc2-c2ccc(N(c3ccc4c(c3)C(c3ccccc3)(c3ccccc3)c3ccccc3-4)c3cccc4c3-c3ccccc3C4)cc21. The Hall–Kier alpha value is -6.44. The predicted octanol–water partition coefficient (Wildman–Crippen LogP) is 13.4. The Labute approximate surface area is 317 Å². The van der Waals surface area contributed by atoms with Gasteiger partial charge >= 0.3 is 0 Å². The van der Waals surface area contributed by atoms with Gasteiger partial charge in [-0.15, -0.1) is 0 Å². The predicted molar refractivity (Wildman–Crippen MR) is 224 cm³/mol. The molecule has 0 unspecified atom stereocenters. The molecule has 0 fully saturated rings. The number of hydrogen-bond donors (Lipinski definition) is 0. The number of fused-ring (bicyclic) bond motifs is 9. The van der Waals surface area contributed by atoms with Gasteiger partial charge in [-0.2, -0.15) is 0 Å². The molecule has 8 aromatic rings. The molecule has 8 aromatic carbocycles. The van der Waals surface area contributed by atoms with E-state index in [1.807, 2.05) is 0 Å². The normalized spacial score (nSPS) is 14.7. The lowest BCUT2D eigenvalue weighted by molar-refractivity contribution is 0.660. The van der Waals surface area contributed by atoms with Crippen LogP contribution in [-0.2, 0) is 17.3 Å². The Morgan fingerprint density at radius 1 is 0.389 bits per heavy atom.